The molecule has 0 aliphatic carbocycles. The van der Waals surface area contributed by atoms with Gasteiger partial charge >= 0.3 is 0 Å². The first-order valence-electron chi connectivity index (χ1n) is 6.22. The van der Waals surface area contributed by atoms with E-state index in [1.54, 1.807) is 19.1 Å². The number of hydrogen-bond acceptors (Lipinski definition) is 5. The number of nitrogens with one attached hydrogen (secondary N) is 2. The Morgan fingerprint density at radius 1 is 1.55 bits per heavy atom. The van der Waals surface area contributed by atoms with Crippen LogP contribution in [0, 0.1) is 6.92 Å². The summed E-state index contributed by atoms with van der Waals surface area (Å²) in [6, 6.07) is 3.18. The summed E-state index contributed by atoms with van der Waals surface area (Å²) in [6.07, 6.45) is 0.134. The van der Waals surface area contributed by atoms with Crippen molar-refractivity contribution in [2.24, 2.45) is 0 Å². The number of amides is 1. The maximum atomic E-state index is 11.9. The minimum atomic E-state index is -3.03. The lowest BCUT2D eigenvalue weighted by Gasteiger charge is -2.23. The summed E-state index contributed by atoms with van der Waals surface area (Å²) in [7, 11) is -3.03. The van der Waals surface area contributed by atoms with Crippen molar-refractivity contribution in [3.8, 4) is 0 Å². The van der Waals surface area contributed by atoms with Gasteiger partial charge < -0.3 is 10.6 Å². The van der Waals surface area contributed by atoms with E-state index in [-0.39, 0.29) is 29.9 Å². The van der Waals surface area contributed by atoms with Crippen LogP contribution in [-0.2, 0) is 14.6 Å². The summed E-state index contributed by atoms with van der Waals surface area (Å²) in [4.78, 5) is 16.1. The first-order valence-corrected chi connectivity index (χ1v) is 8.84. The Morgan fingerprint density at radius 2 is 2.30 bits per heavy atom. The van der Waals surface area contributed by atoms with E-state index in [2.05, 4.69) is 31.5 Å². The number of carbonyl (C=O) groups is 1. The molecule has 8 heteroatoms. The number of rotatable bonds is 3. The van der Waals surface area contributed by atoms with Crippen LogP contribution in [0.25, 0.3) is 0 Å². The molecular formula is C12H16BrN3O3S. The third-order valence-corrected chi connectivity index (χ3v) is 5.24. The van der Waals surface area contributed by atoms with Crippen LogP contribution >= 0.6 is 15.9 Å². The fourth-order valence-electron chi connectivity index (χ4n) is 2.09. The second-order valence-electron chi connectivity index (χ2n) is 4.78. The van der Waals surface area contributed by atoms with Crippen LogP contribution in [0.1, 0.15) is 12.1 Å². The second-order valence-corrected chi connectivity index (χ2v) is 7.83. The van der Waals surface area contributed by atoms with Gasteiger partial charge in [0, 0.05) is 19.0 Å². The van der Waals surface area contributed by atoms with Crippen molar-refractivity contribution >= 4 is 37.4 Å². The van der Waals surface area contributed by atoms with Crippen molar-refractivity contribution in [1.29, 1.82) is 0 Å². The van der Waals surface area contributed by atoms with Crippen LogP contribution in [0.4, 0.5) is 5.69 Å². The van der Waals surface area contributed by atoms with Crippen LogP contribution in [0.3, 0.4) is 0 Å². The van der Waals surface area contributed by atoms with Crippen molar-refractivity contribution in [3.05, 3.63) is 22.4 Å². The SMILES string of the molecule is Cc1nc(Br)ccc1NC(=O)CC1CS(=O)(=O)CCN1. The summed E-state index contributed by atoms with van der Waals surface area (Å²) in [5, 5.41) is 5.81. The molecule has 1 unspecified atom stereocenters. The van der Waals surface area contributed by atoms with E-state index in [0.29, 0.717) is 22.5 Å². The highest BCUT2D eigenvalue weighted by Gasteiger charge is 2.26. The number of halogens is 1. The van der Waals surface area contributed by atoms with Crippen LogP contribution in [-0.4, -0.2) is 43.4 Å². The third kappa shape index (κ3) is 4.26. The quantitative estimate of drug-likeness (QED) is 0.779. The Bertz CT molecular complexity index is 618. The molecule has 20 heavy (non-hydrogen) atoms. The van der Waals surface area contributed by atoms with Crippen molar-refractivity contribution in [2.75, 3.05) is 23.4 Å². The number of carbonyl (C=O) groups excluding carboxylic acids is 1. The maximum Gasteiger partial charge on any atom is 0.226 e. The van der Waals surface area contributed by atoms with Crippen molar-refractivity contribution in [3.63, 3.8) is 0 Å². The largest absolute Gasteiger partial charge is 0.324 e. The lowest BCUT2D eigenvalue weighted by molar-refractivity contribution is -0.116. The van der Waals surface area contributed by atoms with Gasteiger partial charge in [-0.15, -0.1) is 0 Å². The van der Waals surface area contributed by atoms with Gasteiger partial charge in [0.1, 0.15) is 4.60 Å². The highest BCUT2D eigenvalue weighted by Crippen LogP contribution is 2.16. The molecule has 2 rings (SSSR count). The Kier molecular flexibility index (Phi) is 4.77. The topological polar surface area (TPSA) is 88.2 Å². The zero-order chi connectivity index (χ0) is 14.8. The van der Waals surface area contributed by atoms with E-state index in [4.69, 9.17) is 0 Å². The predicted octanol–water partition coefficient (Wildman–Crippen LogP) is 0.868. The molecule has 2 heterocycles. The first-order chi connectivity index (χ1) is 9.35. The number of nitrogens with zero attached hydrogens (tertiary/aromatic N) is 1. The fourth-order valence-corrected chi connectivity index (χ4v) is 3.93. The molecule has 0 saturated carbocycles. The summed E-state index contributed by atoms with van der Waals surface area (Å²) in [6.45, 7) is 2.20. The predicted molar refractivity (Wildman–Crippen MR) is 80.4 cm³/mol. The van der Waals surface area contributed by atoms with Gasteiger partial charge in [-0.2, -0.15) is 0 Å². The zero-order valence-electron chi connectivity index (χ0n) is 11.0. The fraction of sp³-hybridized carbons (Fsp3) is 0.500. The lowest BCUT2D eigenvalue weighted by atomic mass is 10.2. The maximum absolute atomic E-state index is 11.9. The zero-order valence-corrected chi connectivity index (χ0v) is 13.4. The van der Waals surface area contributed by atoms with Gasteiger partial charge in [-0.3, -0.25) is 4.79 Å². The highest BCUT2D eigenvalue weighted by atomic mass is 79.9. The van der Waals surface area contributed by atoms with E-state index in [0.717, 1.165) is 0 Å². The average Bonchev–Trinajstić information content (AvgIpc) is 2.31. The molecule has 110 valence electrons. The van der Waals surface area contributed by atoms with E-state index in [1.807, 2.05) is 0 Å². The van der Waals surface area contributed by atoms with Crippen molar-refractivity contribution in [2.45, 2.75) is 19.4 Å². The van der Waals surface area contributed by atoms with Gasteiger partial charge in [-0.1, -0.05) is 0 Å². The van der Waals surface area contributed by atoms with Gasteiger partial charge in [-0.25, -0.2) is 13.4 Å². The molecule has 0 bridgehead atoms. The molecule has 1 amide bonds. The summed E-state index contributed by atoms with van der Waals surface area (Å²) < 4.78 is 23.7. The molecule has 1 aliphatic heterocycles. The molecule has 0 spiro atoms. The van der Waals surface area contributed by atoms with E-state index in [1.165, 1.54) is 0 Å². The molecule has 6 nitrogen and oxygen atoms in total. The molecular weight excluding hydrogens is 346 g/mol. The lowest BCUT2D eigenvalue weighted by Crippen LogP contribution is -2.46. The van der Waals surface area contributed by atoms with Gasteiger partial charge in [0.25, 0.3) is 0 Å². The van der Waals surface area contributed by atoms with Gasteiger partial charge in [0.15, 0.2) is 9.84 Å². The first kappa shape index (κ1) is 15.4. The number of aromatic nitrogens is 1. The van der Waals surface area contributed by atoms with E-state index in [9.17, 15) is 13.2 Å². The average molecular weight is 362 g/mol. The molecule has 1 aliphatic rings. The number of sulfone groups is 1. The van der Waals surface area contributed by atoms with Gasteiger partial charge in [-0.05, 0) is 35.0 Å². The minimum absolute atomic E-state index is 0.0119. The van der Waals surface area contributed by atoms with E-state index < -0.39 is 9.84 Å². The summed E-state index contributed by atoms with van der Waals surface area (Å²) in [5.74, 6) is -0.0643. The molecule has 1 saturated heterocycles. The highest BCUT2D eigenvalue weighted by molar-refractivity contribution is 9.10. The Morgan fingerprint density at radius 3 is 2.95 bits per heavy atom. The molecule has 1 aromatic heterocycles. The molecule has 0 aromatic carbocycles. The summed E-state index contributed by atoms with van der Waals surface area (Å²) >= 11 is 3.25. The summed E-state index contributed by atoms with van der Waals surface area (Å²) in [5.41, 5.74) is 1.34. The minimum Gasteiger partial charge on any atom is -0.324 e. The Balaban J connectivity index is 1.95. The van der Waals surface area contributed by atoms with Crippen LogP contribution in [0.5, 0.6) is 0 Å². The second kappa shape index (κ2) is 6.19. The van der Waals surface area contributed by atoms with Crippen LogP contribution in [0.2, 0.25) is 0 Å². The van der Waals surface area contributed by atoms with Crippen molar-refractivity contribution < 1.29 is 13.2 Å². The Labute approximate surface area is 126 Å². The Hall–Kier alpha value is -0.990. The van der Waals surface area contributed by atoms with Crippen LogP contribution in [0.15, 0.2) is 16.7 Å². The molecule has 0 radical (unpaired) electrons. The monoisotopic (exact) mass is 361 g/mol. The number of aryl methyl sites for hydroxylation is 1. The molecule has 1 atom stereocenters. The number of hydrogen-bond donors (Lipinski definition) is 2. The third-order valence-electron chi connectivity index (χ3n) is 3.06. The standard InChI is InChI=1S/C12H16BrN3O3S/c1-8-10(2-3-11(13)15-8)16-12(17)6-9-7-20(18,19)5-4-14-9/h2-3,9,14H,4-7H2,1H3,(H,16,17). The molecule has 1 fully saturated rings. The molecule has 2 N–H and O–H groups in total. The number of pyridine rings is 1. The van der Waals surface area contributed by atoms with Crippen molar-refractivity contribution in [1.82, 2.24) is 10.3 Å². The van der Waals surface area contributed by atoms with Gasteiger partial charge in [0.05, 0.1) is 22.9 Å². The molecule has 1 aromatic rings. The van der Waals surface area contributed by atoms with Crippen LogP contribution < -0.4 is 10.6 Å². The smallest absolute Gasteiger partial charge is 0.226 e. The van der Waals surface area contributed by atoms with E-state index >= 15 is 0 Å². The number of anilines is 1. The van der Waals surface area contributed by atoms with Gasteiger partial charge in [0.2, 0.25) is 5.91 Å². The normalized spacial score (nSPS) is 21.4.